The molecule has 0 amide bonds. The Morgan fingerprint density at radius 2 is 1.65 bits per heavy atom. The standard InChI is InChI=1S/C14H15NO.2C2H6/c1-3-5-9-12(4-2)14(15-16)13-10-7-6-8-11-13;2*1-2/h3-11,16H,1H2,2H3;2*1-2H3/b9-5-,12-4+,15-14+;;. The highest BCUT2D eigenvalue weighted by molar-refractivity contribution is 6.13. The number of oxime groups is 1. The Hall–Kier alpha value is -2.09. The normalized spacial score (nSPS) is 11.1. The number of nitrogens with zero attached hydrogens (tertiary/aromatic N) is 1. The molecule has 110 valence electrons. The molecule has 0 aliphatic carbocycles. The monoisotopic (exact) mass is 273 g/mol. The Bertz CT molecular complexity index is 428. The summed E-state index contributed by atoms with van der Waals surface area (Å²) in [5.41, 5.74) is 2.29. The number of benzene rings is 1. The molecule has 1 aromatic carbocycles. The molecular formula is C18H27NO. The van der Waals surface area contributed by atoms with Gasteiger partial charge in [-0.25, -0.2) is 0 Å². The summed E-state index contributed by atoms with van der Waals surface area (Å²) >= 11 is 0. The minimum Gasteiger partial charge on any atom is -0.410 e. The SMILES string of the molecule is C=C\C=C/C(=C\C)C(=N\O)/c1ccccc1.CC.CC. The average molecular weight is 273 g/mol. The molecule has 0 aliphatic rings. The maximum Gasteiger partial charge on any atom is 0.116 e. The smallest absolute Gasteiger partial charge is 0.116 e. The van der Waals surface area contributed by atoms with Crippen molar-refractivity contribution in [1.29, 1.82) is 0 Å². The summed E-state index contributed by atoms with van der Waals surface area (Å²) in [5.74, 6) is 0. The third-order valence-corrected chi connectivity index (χ3v) is 2.14. The summed E-state index contributed by atoms with van der Waals surface area (Å²) in [6.45, 7) is 13.5. The molecule has 0 bridgehead atoms. The molecule has 2 nitrogen and oxygen atoms in total. The fourth-order valence-corrected chi connectivity index (χ4v) is 1.36. The van der Waals surface area contributed by atoms with Crippen molar-refractivity contribution in [2.45, 2.75) is 34.6 Å². The molecule has 0 radical (unpaired) electrons. The van der Waals surface area contributed by atoms with E-state index in [-0.39, 0.29) is 0 Å². The van der Waals surface area contributed by atoms with E-state index in [0.29, 0.717) is 5.71 Å². The van der Waals surface area contributed by atoms with Crippen LogP contribution in [0, 0.1) is 0 Å². The van der Waals surface area contributed by atoms with Gasteiger partial charge in [0.15, 0.2) is 0 Å². The van der Waals surface area contributed by atoms with E-state index in [0.717, 1.165) is 11.1 Å². The van der Waals surface area contributed by atoms with Gasteiger partial charge in [-0.3, -0.25) is 0 Å². The van der Waals surface area contributed by atoms with Crippen LogP contribution in [-0.4, -0.2) is 10.9 Å². The van der Waals surface area contributed by atoms with Gasteiger partial charge in [-0.05, 0) is 12.5 Å². The number of hydrogen-bond acceptors (Lipinski definition) is 2. The highest BCUT2D eigenvalue weighted by Crippen LogP contribution is 2.10. The Labute approximate surface area is 123 Å². The zero-order valence-corrected chi connectivity index (χ0v) is 13.3. The highest BCUT2D eigenvalue weighted by Gasteiger charge is 2.06. The number of allylic oxidation sites excluding steroid dienone is 5. The minimum atomic E-state index is 0.557. The van der Waals surface area contributed by atoms with Gasteiger partial charge in [-0.1, -0.05) is 94.1 Å². The Morgan fingerprint density at radius 3 is 2.05 bits per heavy atom. The van der Waals surface area contributed by atoms with Crippen molar-refractivity contribution in [2.75, 3.05) is 0 Å². The molecule has 0 atom stereocenters. The van der Waals surface area contributed by atoms with Crippen LogP contribution in [0.3, 0.4) is 0 Å². The second-order valence-corrected chi connectivity index (χ2v) is 3.15. The van der Waals surface area contributed by atoms with Crippen LogP contribution in [0.2, 0.25) is 0 Å². The van der Waals surface area contributed by atoms with Crippen LogP contribution in [-0.2, 0) is 0 Å². The second kappa shape index (κ2) is 15.0. The lowest BCUT2D eigenvalue weighted by atomic mass is 10.0. The highest BCUT2D eigenvalue weighted by atomic mass is 16.4. The van der Waals surface area contributed by atoms with Crippen LogP contribution in [0.5, 0.6) is 0 Å². The summed E-state index contributed by atoms with van der Waals surface area (Å²) in [6.07, 6.45) is 7.24. The van der Waals surface area contributed by atoms with Gasteiger partial charge in [0.1, 0.15) is 5.71 Å². The van der Waals surface area contributed by atoms with Crippen molar-refractivity contribution < 1.29 is 5.21 Å². The lowest BCUT2D eigenvalue weighted by Gasteiger charge is -2.04. The van der Waals surface area contributed by atoms with Crippen molar-refractivity contribution in [3.63, 3.8) is 0 Å². The largest absolute Gasteiger partial charge is 0.410 e. The van der Waals surface area contributed by atoms with Gasteiger partial charge < -0.3 is 5.21 Å². The van der Waals surface area contributed by atoms with Crippen LogP contribution in [0.15, 0.2) is 71.9 Å². The Balaban J connectivity index is 0. The predicted molar refractivity (Wildman–Crippen MR) is 90.6 cm³/mol. The summed E-state index contributed by atoms with van der Waals surface area (Å²) < 4.78 is 0. The van der Waals surface area contributed by atoms with Gasteiger partial charge in [0.25, 0.3) is 0 Å². The topological polar surface area (TPSA) is 32.6 Å². The molecule has 0 aliphatic heterocycles. The van der Waals surface area contributed by atoms with Crippen LogP contribution in [0.1, 0.15) is 40.2 Å². The van der Waals surface area contributed by atoms with Gasteiger partial charge in [0, 0.05) is 5.56 Å². The minimum absolute atomic E-state index is 0.557. The van der Waals surface area contributed by atoms with Crippen molar-refractivity contribution in [2.24, 2.45) is 5.16 Å². The first kappa shape index (κ1) is 20.2. The van der Waals surface area contributed by atoms with E-state index < -0.39 is 0 Å². The second-order valence-electron chi connectivity index (χ2n) is 3.15. The molecular weight excluding hydrogens is 246 g/mol. The van der Waals surface area contributed by atoms with E-state index in [9.17, 15) is 0 Å². The molecule has 1 aromatic rings. The van der Waals surface area contributed by atoms with E-state index in [1.165, 1.54) is 0 Å². The summed E-state index contributed by atoms with van der Waals surface area (Å²) in [6, 6.07) is 9.55. The molecule has 0 aromatic heterocycles. The molecule has 2 heteroatoms. The van der Waals surface area contributed by atoms with E-state index in [1.54, 1.807) is 6.08 Å². The Kier molecular flexibility index (Phi) is 15.1. The van der Waals surface area contributed by atoms with Gasteiger partial charge in [0.2, 0.25) is 0 Å². The maximum atomic E-state index is 9.07. The van der Waals surface area contributed by atoms with Gasteiger partial charge in [0.05, 0.1) is 0 Å². The van der Waals surface area contributed by atoms with Crippen molar-refractivity contribution in [1.82, 2.24) is 0 Å². The van der Waals surface area contributed by atoms with Crippen LogP contribution >= 0.6 is 0 Å². The van der Waals surface area contributed by atoms with E-state index in [2.05, 4.69) is 11.7 Å². The molecule has 1 rings (SSSR count). The van der Waals surface area contributed by atoms with E-state index in [1.807, 2.05) is 83.2 Å². The van der Waals surface area contributed by atoms with Crippen molar-refractivity contribution in [3.05, 3.63) is 72.4 Å². The van der Waals surface area contributed by atoms with E-state index >= 15 is 0 Å². The summed E-state index contributed by atoms with van der Waals surface area (Å²) in [5, 5.41) is 12.4. The fourth-order valence-electron chi connectivity index (χ4n) is 1.36. The van der Waals surface area contributed by atoms with Crippen molar-refractivity contribution >= 4 is 5.71 Å². The fraction of sp³-hybridized carbons (Fsp3) is 0.278. The molecule has 0 heterocycles. The lowest BCUT2D eigenvalue weighted by Crippen LogP contribution is -2.03. The van der Waals surface area contributed by atoms with Gasteiger partial charge >= 0.3 is 0 Å². The molecule has 0 fully saturated rings. The third-order valence-electron chi connectivity index (χ3n) is 2.14. The van der Waals surface area contributed by atoms with Gasteiger partial charge in [-0.2, -0.15) is 0 Å². The lowest BCUT2D eigenvalue weighted by molar-refractivity contribution is 0.319. The quantitative estimate of drug-likeness (QED) is 0.329. The summed E-state index contributed by atoms with van der Waals surface area (Å²) in [4.78, 5) is 0. The third kappa shape index (κ3) is 7.37. The molecule has 0 unspecified atom stereocenters. The van der Waals surface area contributed by atoms with E-state index in [4.69, 9.17) is 5.21 Å². The van der Waals surface area contributed by atoms with Crippen LogP contribution in [0.25, 0.3) is 0 Å². The maximum absolute atomic E-state index is 9.07. The van der Waals surface area contributed by atoms with Crippen LogP contribution < -0.4 is 0 Å². The molecule has 20 heavy (non-hydrogen) atoms. The van der Waals surface area contributed by atoms with Crippen LogP contribution in [0.4, 0.5) is 0 Å². The number of rotatable bonds is 4. The molecule has 1 N–H and O–H groups in total. The zero-order valence-electron chi connectivity index (χ0n) is 13.3. The molecule has 0 saturated heterocycles. The first-order chi connectivity index (χ1) is 9.83. The first-order valence-corrected chi connectivity index (χ1v) is 7.06. The van der Waals surface area contributed by atoms with Crippen molar-refractivity contribution in [3.8, 4) is 0 Å². The zero-order chi connectivity index (χ0) is 15.8. The van der Waals surface area contributed by atoms with Gasteiger partial charge in [-0.15, -0.1) is 0 Å². The number of hydrogen-bond donors (Lipinski definition) is 1. The predicted octanol–water partition coefficient (Wildman–Crippen LogP) is 5.61. The Morgan fingerprint density at radius 1 is 1.10 bits per heavy atom. The molecule has 0 spiro atoms. The summed E-state index contributed by atoms with van der Waals surface area (Å²) in [7, 11) is 0. The average Bonchev–Trinajstić information content (AvgIpc) is 2.56. The first-order valence-electron chi connectivity index (χ1n) is 7.06. The molecule has 0 saturated carbocycles.